The van der Waals surface area contributed by atoms with E-state index >= 15 is 0 Å². The van der Waals surface area contributed by atoms with Crippen LogP contribution in [0.2, 0.25) is 0 Å². The first-order chi connectivity index (χ1) is 9.43. The molecule has 112 valence electrons. The summed E-state index contributed by atoms with van der Waals surface area (Å²) < 4.78 is 0. The normalized spacial score (nSPS) is 12.3. The molecule has 0 bridgehead atoms. The van der Waals surface area contributed by atoms with Gasteiger partial charge in [0.2, 0.25) is 0 Å². The second kappa shape index (κ2) is 8.12. The number of carbonyl (C=O) groups excluding carboxylic acids is 1. The van der Waals surface area contributed by atoms with E-state index in [4.69, 9.17) is 11.6 Å². The van der Waals surface area contributed by atoms with Gasteiger partial charge in [-0.25, -0.2) is 0 Å². The van der Waals surface area contributed by atoms with E-state index in [9.17, 15) is 9.90 Å². The van der Waals surface area contributed by atoms with Gasteiger partial charge in [-0.2, -0.15) is 0 Å². The Labute approximate surface area is 125 Å². The van der Waals surface area contributed by atoms with Crippen LogP contribution >= 0.6 is 11.6 Å². The Morgan fingerprint density at radius 1 is 1.35 bits per heavy atom. The first-order valence-electron chi connectivity index (χ1n) is 6.80. The van der Waals surface area contributed by atoms with Gasteiger partial charge < -0.3 is 15.7 Å². The summed E-state index contributed by atoms with van der Waals surface area (Å²) in [5.41, 5.74) is 2.50. The lowest BCUT2D eigenvalue weighted by Crippen LogP contribution is -2.27. The lowest BCUT2D eigenvalue weighted by atomic mass is 10.1. The number of carbonyl (C=O) groups is 1. The van der Waals surface area contributed by atoms with Crippen LogP contribution in [-0.4, -0.2) is 36.1 Å². The Balaban J connectivity index is 2.65. The van der Waals surface area contributed by atoms with Crippen LogP contribution in [0.1, 0.15) is 29.8 Å². The molecule has 1 unspecified atom stereocenters. The van der Waals surface area contributed by atoms with E-state index in [2.05, 4.69) is 24.5 Å². The van der Waals surface area contributed by atoms with Crippen molar-refractivity contribution in [2.75, 3.05) is 24.3 Å². The van der Waals surface area contributed by atoms with Crippen molar-refractivity contribution in [3.63, 3.8) is 0 Å². The number of aliphatic hydroxyl groups excluding tert-OH is 1. The summed E-state index contributed by atoms with van der Waals surface area (Å²) in [5, 5.41) is 15.4. The molecule has 0 aliphatic heterocycles. The monoisotopic (exact) mass is 298 g/mol. The highest BCUT2D eigenvalue weighted by molar-refractivity contribution is 6.18. The van der Waals surface area contributed by atoms with Gasteiger partial charge in [0.15, 0.2) is 0 Å². The van der Waals surface area contributed by atoms with Crippen molar-refractivity contribution in [3.8, 4) is 0 Å². The van der Waals surface area contributed by atoms with Crippen molar-refractivity contribution in [1.82, 2.24) is 5.32 Å². The van der Waals surface area contributed by atoms with Crippen LogP contribution in [0.4, 0.5) is 5.69 Å². The zero-order valence-corrected chi connectivity index (χ0v) is 13.0. The van der Waals surface area contributed by atoms with E-state index in [0.717, 1.165) is 11.3 Å². The summed E-state index contributed by atoms with van der Waals surface area (Å²) in [6, 6.07) is 5.46. The van der Waals surface area contributed by atoms with Crippen molar-refractivity contribution in [1.29, 1.82) is 0 Å². The molecule has 1 aromatic rings. The number of halogens is 1. The molecule has 0 saturated heterocycles. The molecule has 1 rings (SSSR count). The maximum Gasteiger partial charge on any atom is 0.251 e. The number of anilines is 1. The van der Waals surface area contributed by atoms with Crippen LogP contribution in [0.15, 0.2) is 18.2 Å². The number of nitrogens with one attached hydrogen (secondary N) is 2. The summed E-state index contributed by atoms with van der Waals surface area (Å²) in [7, 11) is 0. The molecule has 4 nitrogen and oxygen atoms in total. The van der Waals surface area contributed by atoms with Gasteiger partial charge in [-0.3, -0.25) is 4.79 Å². The molecule has 0 aromatic heterocycles. The molecule has 5 heteroatoms. The van der Waals surface area contributed by atoms with Crippen LogP contribution in [-0.2, 0) is 0 Å². The Hall–Kier alpha value is -1.26. The van der Waals surface area contributed by atoms with Gasteiger partial charge >= 0.3 is 0 Å². The molecule has 0 heterocycles. The van der Waals surface area contributed by atoms with Crippen LogP contribution in [0.5, 0.6) is 0 Å². The predicted octanol–water partition coefficient (Wildman–Crippen LogP) is 2.39. The third-order valence-corrected chi connectivity index (χ3v) is 3.22. The first kappa shape index (κ1) is 16.8. The van der Waals surface area contributed by atoms with E-state index in [1.807, 2.05) is 19.1 Å². The van der Waals surface area contributed by atoms with Gasteiger partial charge in [-0.1, -0.05) is 13.8 Å². The minimum atomic E-state index is -0.579. The zero-order valence-electron chi connectivity index (χ0n) is 12.2. The van der Waals surface area contributed by atoms with Crippen molar-refractivity contribution < 1.29 is 9.90 Å². The predicted molar refractivity (Wildman–Crippen MR) is 83.6 cm³/mol. The summed E-state index contributed by atoms with van der Waals surface area (Å²) in [6.07, 6.45) is -0.579. The highest BCUT2D eigenvalue weighted by Gasteiger charge is 2.09. The number of amides is 1. The maximum absolute atomic E-state index is 11.9. The van der Waals surface area contributed by atoms with Gasteiger partial charge in [0.05, 0.1) is 12.0 Å². The topological polar surface area (TPSA) is 61.4 Å². The highest BCUT2D eigenvalue weighted by Crippen LogP contribution is 2.16. The summed E-state index contributed by atoms with van der Waals surface area (Å²) in [5.74, 6) is 0.564. The quantitative estimate of drug-likeness (QED) is 0.677. The lowest BCUT2D eigenvalue weighted by Gasteiger charge is -2.14. The molecular formula is C15H23ClN2O2. The summed E-state index contributed by atoms with van der Waals surface area (Å²) in [4.78, 5) is 11.9. The first-order valence-corrected chi connectivity index (χ1v) is 7.34. The molecule has 0 radical (unpaired) electrons. The smallest absolute Gasteiger partial charge is 0.251 e. The number of aliphatic hydroxyl groups is 1. The lowest BCUT2D eigenvalue weighted by molar-refractivity contribution is 0.0949. The molecule has 0 saturated carbocycles. The molecule has 0 fully saturated rings. The third kappa shape index (κ3) is 5.39. The number of hydrogen-bond acceptors (Lipinski definition) is 3. The second-order valence-corrected chi connectivity index (χ2v) is 5.63. The molecule has 3 N–H and O–H groups in total. The van der Waals surface area contributed by atoms with E-state index in [0.29, 0.717) is 24.6 Å². The average molecular weight is 299 g/mol. The molecule has 1 amide bonds. The van der Waals surface area contributed by atoms with Crippen molar-refractivity contribution in [2.24, 2.45) is 5.92 Å². The van der Waals surface area contributed by atoms with Crippen LogP contribution < -0.4 is 10.6 Å². The van der Waals surface area contributed by atoms with Crippen molar-refractivity contribution in [2.45, 2.75) is 26.9 Å². The minimum Gasteiger partial charge on any atom is -0.390 e. The molecule has 0 aliphatic carbocycles. The number of alkyl halides is 1. The zero-order chi connectivity index (χ0) is 15.1. The Bertz CT molecular complexity index is 449. The number of hydrogen-bond donors (Lipinski definition) is 3. The SMILES string of the molecule is Cc1cc(C(=O)NCC(C)C)ccc1NCC(O)CCl. The Kier molecular flexibility index (Phi) is 6.82. The van der Waals surface area contributed by atoms with Crippen LogP contribution in [0, 0.1) is 12.8 Å². The molecule has 1 aromatic carbocycles. The number of aryl methyl sites for hydroxylation is 1. The number of benzene rings is 1. The average Bonchev–Trinajstić information content (AvgIpc) is 2.42. The Morgan fingerprint density at radius 2 is 2.05 bits per heavy atom. The van der Waals surface area contributed by atoms with Crippen molar-refractivity contribution >= 4 is 23.2 Å². The van der Waals surface area contributed by atoms with Gasteiger partial charge in [-0.15, -0.1) is 11.6 Å². The minimum absolute atomic E-state index is 0.0610. The van der Waals surface area contributed by atoms with Gasteiger partial charge in [0, 0.05) is 24.3 Å². The van der Waals surface area contributed by atoms with E-state index in [-0.39, 0.29) is 11.8 Å². The van der Waals surface area contributed by atoms with Crippen LogP contribution in [0.25, 0.3) is 0 Å². The van der Waals surface area contributed by atoms with E-state index < -0.39 is 6.10 Å². The Morgan fingerprint density at radius 3 is 2.60 bits per heavy atom. The molecule has 20 heavy (non-hydrogen) atoms. The second-order valence-electron chi connectivity index (χ2n) is 5.32. The molecular weight excluding hydrogens is 276 g/mol. The molecule has 1 atom stereocenters. The van der Waals surface area contributed by atoms with E-state index in [1.54, 1.807) is 6.07 Å². The van der Waals surface area contributed by atoms with Crippen LogP contribution in [0.3, 0.4) is 0 Å². The summed E-state index contributed by atoms with van der Waals surface area (Å²) in [6.45, 7) is 7.10. The highest BCUT2D eigenvalue weighted by atomic mass is 35.5. The fraction of sp³-hybridized carbons (Fsp3) is 0.533. The maximum atomic E-state index is 11.9. The van der Waals surface area contributed by atoms with E-state index in [1.165, 1.54) is 0 Å². The van der Waals surface area contributed by atoms with Crippen molar-refractivity contribution in [3.05, 3.63) is 29.3 Å². The molecule has 0 spiro atoms. The standard InChI is InChI=1S/C15H23ClN2O2/c1-10(2)8-18-15(20)12-4-5-14(11(3)6-12)17-9-13(19)7-16/h4-6,10,13,17,19H,7-9H2,1-3H3,(H,18,20). The molecule has 0 aliphatic rings. The third-order valence-electron chi connectivity index (χ3n) is 2.87. The van der Waals surface area contributed by atoms with Gasteiger partial charge in [-0.05, 0) is 36.6 Å². The fourth-order valence-electron chi connectivity index (χ4n) is 1.68. The van der Waals surface area contributed by atoms with Gasteiger partial charge in [0.1, 0.15) is 0 Å². The van der Waals surface area contributed by atoms with Gasteiger partial charge in [0.25, 0.3) is 5.91 Å². The fourth-order valence-corrected chi connectivity index (χ4v) is 1.79. The largest absolute Gasteiger partial charge is 0.390 e. The number of rotatable bonds is 7. The summed E-state index contributed by atoms with van der Waals surface area (Å²) >= 11 is 5.54.